The second kappa shape index (κ2) is 5.04. The van der Waals surface area contributed by atoms with Gasteiger partial charge in [-0.3, -0.25) is 5.43 Å². The first-order chi connectivity index (χ1) is 8.17. The number of nitrogens with one attached hydrogen (secondary N) is 2. The second-order valence-electron chi connectivity index (χ2n) is 4.58. The van der Waals surface area contributed by atoms with Crippen LogP contribution in [0.2, 0.25) is 0 Å². The smallest absolute Gasteiger partial charge is 0.121 e. The number of benzene rings is 1. The van der Waals surface area contributed by atoms with Crippen molar-refractivity contribution >= 4 is 0 Å². The van der Waals surface area contributed by atoms with Crippen LogP contribution in [0.3, 0.4) is 0 Å². The molecule has 1 fully saturated rings. The van der Waals surface area contributed by atoms with Gasteiger partial charge in [-0.1, -0.05) is 19.1 Å². The topological polar surface area (TPSA) is 59.3 Å². The Kier molecular flexibility index (Phi) is 3.66. The average Bonchev–Trinajstić information content (AvgIpc) is 2.70. The van der Waals surface area contributed by atoms with Crippen molar-refractivity contribution in [3.63, 3.8) is 0 Å². The van der Waals surface area contributed by atoms with E-state index in [-0.39, 0.29) is 6.17 Å². The molecule has 4 nitrogen and oxygen atoms in total. The zero-order chi connectivity index (χ0) is 12.4. The Hall–Kier alpha value is -1.10. The lowest BCUT2D eigenvalue weighted by molar-refractivity contribution is 0.411. The first-order valence-electron chi connectivity index (χ1n) is 6.08. The van der Waals surface area contributed by atoms with Crippen molar-refractivity contribution in [3.05, 3.63) is 29.3 Å². The molecule has 1 saturated heterocycles. The minimum atomic E-state index is -0.0345. The standard InChI is InChI=1S/C13H21N3O/c1-4-10-12(13(14)16-15-10)9-5-6-11(17-3)8(2)7-9/h5-7,10,12-13,15-16H,4,14H2,1-3H3. The monoisotopic (exact) mass is 235 g/mol. The lowest BCUT2D eigenvalue weighted by Gasteiger charge is -2.21. The van der Waals surface area contributed by atoms with Crippen LogP contribution < -0.4 is 21.3 Å². The predicted octanol–water partition coefficient (Wildman–Crippen LogP) is 1.26. The Morgan fingerprint density at radius 1 is 1.35 bits per heavy atom. The molecule has 0 bridgehead atoms. The van der Waals surface area contributed by atoms with Gasteiger partial charge in [0, 0.05) is 12.0 Å². The van der Waals surface area contributed by atoms with Crippen LogP contribution in [0, 0.1) is 6.92 Å². The van der Waals surface area contributed by atoms with Crippen LogP contribution in [0.15, 0.2) is 18.2 Å². The van der Waals surface area contributed by atoms with Gasteiger partial charge in [0.1, 0.15) is 5.75 Å². The quantitative estimate of drug-likeness (QED) is 0.738. The van der Waals surface area contributed by atoms with Gasteiger partial charge in [0.05, 0.1) is 13.3 Å². The lowest BCUT2D eigenvalue weighted by Crippen LogP contribution is -2.38. The first-order valence-corrected chi connectivity index (χ1v) is 6.08. The Morgan fingerprint density at radius 2 is 2.12 bits per heavy atom. The minimum Gasteiger partial charge on any atom is -0.496 e. The van der Waals surface area contributed by atoms with Crippen molar-refractivity contribution in [2.24, 2.45) is 5.73 Å². The van der Waals surface area contributed by atoms with Crippen molar-refractivity contribution in [2.45, 2.75) is 38.4 Å². The number of aryl methyl sites for hydroxylation is 1. The Labute approximate surface area is 103 Å². The Balaban J connectivity index is 2.29. The summed E-state index contributed by atoms with van der Waals surface area (Å²) in [6, 6.07) is 6.68. The van der Waals surface area contributed by atoms with E-state index >= 15 is 0 Å². The van der Waals surface area contributed by atoms with Crippen LogP contribution in [-0.4, -0.2) is 19.3 Å². The summed E-state index contributed by atoms with van der Waals surface area (Å²) in [6.07, 6.45) is 1.02. The summed E-state index contributed by atoms with van der Waals surface area (Å²) in [5, 5.41) is 0. The number of nitrogens with two attached hydrogens (primary N) is 1. The van der Waals surface area contributed by atoms with Crippen LogP contribution in [0.25, 0.3) is 0 Å². The fourth-order valence-electron chi connectivity index (χ4n) is 2.54. The largest absolute Gasteiger partial charge is 0.496 e. The molecule has 0 radical (unpaired) electrons. The van der Waals surface area contributed by atoms with E-state index < -0.39 is 0 Å². The number of hydrogen-bond donors (Lipinski definition) is 3. The van der Waals surface area contributed by atoms with Crippen molar-refractivity contribution in [3.8, 4) is 5.75 Å². The highest BCUT2D eigenvalue weighted by atomic mass is 16.5. The fraction of sp³-hybridized carbons (Fsp3) is 0.538. The van der Waals surface area contributed by atoms with Gasteiger partial charge in [0.2, 0.25) is 0 Å². The van der Waals surface area contributed by atoms with E-state index in [0.717, 1.165) is 17.7 Å². The first kappa shape index (κ1) is 12.4. The molecule has 0 aromatic heterocycles. The number of ether oxygens (including phenoxy) is 1. The maximum atomic E-state index is 6.09. The van der Waals surface area contributed by atoms with E-state index in [9.17, 15) is 0 Å². The van der Waals surface area contributed by atoms with Crippen LogP contribution in [0.1, 0.15) is 30.4 Å². The SMILES string of the molecule is CCC1NNC(N)C1c1ccc(OC)c(C)c1. The van der Waals surface area contributed by atoms with Gasteiger partial charge in [-0.25, -0.2) is 5.43 Å². The van der Waals surface area contributed by atoms with Crippen LogP contribution in [-0.2, 0) is 0 Å². The highest BCUT2D eigenvalue weighted by Crippen LogP contribution is 2.30. The third-order valence-corrected chi connectivity index (χ3v) is 3.50. The van der Waals surface area contributed by atoms with Crippen molar-refractivity contribution in [2.75, 3.05) is 7.11 Å². The molecule has 3 unspecified atom stereocenters. The minimum absolute atomic E-state index is 0.0345. The molecular weight excluding hydrogens is 214 g/mol. The highest BCUT2D eigenvalue weighted by molar-refractivity contribution is 5.38. The van der Waals surface area contributed by atoms with E-state index in [1.807, 2.05) is 6.07 Å². The Morgan fingerprint density at radius 3 is 2.71 bits per heavy atom. The van der Waals surface area contributed by atoms with E-state index in [1.165, 1.54) is 5.56 Å². The molecule has 1 aromatic rings. The van der Waals surface area contributed by atoms with E-state index in [4.69, 9.17) is 10.5 Å². The summed E-state index contributed by atoms with van der Waals surface area (Å²) in [5.74, 6) is 1.24. The summed E-state index contributed by atoms with van der Waals surface area (Å²) >= 11 is 0. The van der Waals surface area contributed by atoms with Gasteiger partial charge in [-0.2, -0.15) is 0 Å². The van der Waals surface area contributed by atoms with Gasteiger partial charge in [-0.15, -0.1) is 0 Å². The highest BCUT2D eigenvalue weighted by Gasteiger charge is 2.33. The van der Waals surface area contributed by atoms with Crippen molar-refractivity contribution in [1.29, 1.82) is 0 Å². The summed E-state index contributed by atoms with van der Waals surface area (Å²) in [4.78, 5) is 0. The molecule has 4 heteroatoms. The van der Waals surface area contributed by atoms with Crippen LogP contribution in [0.4, 0.5) is 0 Å². The molecule has 0 aliphatic carbocycles. The number of hydrazine groups is 1. The molecule has 3 atom stereocenters. The van der Waals surface area contributed by atoms with Gasteiger partial charge < -0.3 is 10.5 Å². The molecule has 1 heterocycles. The van der Waals surface area contributed by atoms with E-state index in [1.54, 1.807) is 7.11 Å². The zero-order valence-corrected chi connectivity index (χ0v) is 10.7. The molecule has 0 spiro atoms. The molecule has 1 aliphatic rings. The number of hydrogen-bond acceptors (Lipinski definition) is 4. The van der Waals surface area contributed by atoms with Crippen molar-refractivity contribution < 1.29 is 4.74 Å². The van der Waals surface area contributed by atoms with Gasteiger partial charge in [-0.05, 0) is 30.5 Å². The molecule has 94 valence electrons. The van der Waals surface area contributed by atoms with Gasteiger partial charge in [0.15, 0.2) is 0 Å². The Bertz CT molecular complexity index is 394. The normalized spacial score (nSPS) is 28.4. The number of rotatable bonds is 3. The molecular formula is C13H21N3O. The van der Waals surface area contributed by atoms with Crippen LogP contribution in [0.5, 0.6) is 5.75 Å². The fourth-order valence-corrected chi connectivity index (χ4v) is 2.54. The summed E-state index contributed by atoms with van der Waals surface area (Å²) < 4.78 is 5.28. The zero-order valence-electron chi connectivity index (χ0n) is 10.7. The molecule has 4 N–H and O–H groups in total. The predicted molar refractivity (Wildman–Crippen MR) is 68.8 cm³/mol. The molecule has 0 amide bonds. The third-order valence-electron chi connectivity index (χ3n) is 3.50. The number of methoxy groups -OCH3 is 1. The lowest BCUT2D eigenvalue weighted by atomic mass is 9.88. The summed E-state index contributed by atoms with van der Waals surface area (Å²) in [6.45, 7) is 4.23. The molecule has 2 rings (SSSR count). The van der Waals surface area contributed by atoms with E-state index in [2.05, 4.69) is 36.8 Å². The van der Waals surface area contributed by atoms with E-state index in [0.29, 0.717) is 12.0 Å². The third kappa shape index (κ3) is 2.29. The molecule has 17 heavy (non-hydrogen) atoms. The van der Waals surface area contributed by atoms with Gasteiger partial charge in [0.25, 0.3) is 0 Å². The maximum absolute atomic E-state index is 6.09. The molecule has 0 saturated carbocycles. The van der Waals surface area contributed by atoms with Crippen molar-refractivity contribution in [1.82, 2.24) is 10.9 Å². The van der Waals surface area contributed by atoms with Gasteiger partial charge >= 0.3 is 0 Å². The molecule has 1 aromatic carbocycles. The summed E-state index contributed by atoms with van der Waals surface area (Å²) in [5.41, 5.74) is 14.9. The second-order valence-corrected chi connectivity index (χ2v) is 4.58. The summed E-state index contributed by atoms with van der Waals surface area (Å²) in [7, 11) is 1.70. The van der Waals surface area contributed by atoms with Crippen LogP contribution >= 0.6 is 0 Å². The maximum Gasteiger partial charge on any atom is 0.121 e. The average molecular weight is 235 g/mol. The molecule has 1 aliphatic heterocycles.